The normalized spacial score (nSPS) is 12.1. The molecule has 1 unspecified atom stereocenters. The first-order chi connectivity index (χ1) is 9.36. The van der Waals surface area contributed by atoms with Crippen molar-refractivity contribution < 1.29 is 4.74 Å². The molecule has 0 radical (unpaired) electrons. The van der Waals surface area contributed by atoms with Crippen LogP contribution in [0.3, 0.4) is 0 Å². The minimum atomic E-state index is -0.0581. The molecule has 0 fully saturated rings. The van der Waals surface area contributed by atoms with Gasteiger partial charge in [-0.25, -0.2) is 4.98 Å². The zero-order valence-corrected chi connectivity index (χ0v) is 11.2. The third kappa shape index (κ3) is 3.26. The van der Waals surface area contributed by atoms with E-state index >= 15 is 0 Å². The van der Waals surface area contributed by atoms with E-state index in [4.69, 9.17) is 4.74 Å². The molecule has 5 nitrogen and oxygen atoms in total. The highest BCUT2D eigenvalue weighted by Crippen LogP contribution is 2.26. The molecule has 100 valence electrons. The Morgan fingerprint density at radius 2 is 2.16 bits per heavy atom. The van der Waals surface area contributed by atoms with Crippen LogP contribution < -0.4 is 10.1 Å². The molecule has 0 spiro atoms. The van der Waals surface area contributed by atoms with Gasteiger partial charge in [-0.1, -0.05) is 13.0 Å². The van der Waals surface area contributed by atoms with Gasteiger partial charge in [-0.3, -0.25) is 9.97 Å². The highest BCUT2D eigenvalue weighted by atomic mass is 16.5. The Morgan fingerprint density at radius 3 is 2.84 bits per heavy atom. The van der Waals surface area contributed by atoms with Crippen LogP contribution in [0.1, 0.15) is 30.6 Å². The van der Waals surface area contributed by atoms with Gasteiger partial charge >= 0.3 is 0 Å². The van der Waals surface area contributed by atoms with Crippen LogP contribution in [0, 0.1) is 0 Å². The summed E-state index contributed by atoms with van der Waals surface area (Å²) in [6.07, 6.45) is 7.88. The molecule has 2 aromatic heterocycles. The first-order valence-corrected chi connectivity index (χ1v) is 6.35. The van der Waals surface area contributed by atoms with Gasteiger partial charge in [-0.05, 0) is 19.0 Å². The van der Waals surface area contributed by atoms with E-state index in [1.807, 2.05) is 12.1 Å². The molecule has 0 saturated carbocycles. The molecule has 2 aromatic rings. The molecule has 0 aromatic carbocycles. The minimum Gasteiger partial charge on any atom is -0.481 e. The van der Waals surface area contributed by atoms with Gasteiger partial charge in [0.05, 0.1) is 25.0 Å². The minimum absolute atomic E-state index is 0.0581. The first-order valence-electron chi connectivity index (χ1n) is 6.35. The van der Waals surface area contributed by atoms with Crippen molar-refractivity contribution >= 4 is 0 Å². The summed E-state index contributed by atoms with van der Waals surface area (Å²) in [5.74, 6) is 0.613. The molecular formula is C14H18N4O. The van der Waals surface area contributed by atoms with Crippen LogP contribution in [0.2, 0.25) is 0 Å². The number of ether oxygens (including phenoxy) is 1. The smallest absolute Gasteiger partial charge is 0.218 e. The number of nitrogens with zero attached hydrogens (tertiary/aromatic N) is 3. The molecule has 0 aliphatic heterocycles. The fourth-order valence-corrected chi connectivity index (χ4v) is 1.92. The predicted molar refractivity (Wildman–Crippen MR) is 73.0 cm³/mol. The third-order valence-electron chi connectivity index (χ3n) is 2.78. The maximum absolute atomic E-state index is 5.33. The number of aromatic nitrogens is 3. The van der Waals surface area contributed by atoms with Gasteiger partial charge in [0, 0.05) is 24.2 Å². The van der Waals surface area contributed by atoms with Gasteiger partial charge in [-0.15, -0.1) is 0 Å². The molecule has 0 amide bonds. The summed E-state index contributed by atoms with van der Waals surface area (Å²) in [7, 11) is 1.62. The fraction of sp³-hybridized carbons (Fsp3) is 0.357. The van der Waals surface area contributed by atoms with Crippen molar-refractivity contribution in [3.63, 3.8) is 0 Å². The van der Waals surface area contributed by atoms with Crippen molar-refractivity contribution in [3.8, 4) is 5.88 Å². The molecular weight excluding hydrogens is 240 g/mol. The lowest BCUT2D eigenvalue weighted by Gasteiger charge is -2.19. The zero-order valence-electron chi connectivity index (χ0n) is 11.2. The van der Waals surface area contributed by atoms with Crippen LogP contribution in [-0.2, 0) is 0 Å². The summed E-state index contributed by atoms with van der Waals surface area (Å²) in [5, 5.41) is 3.45. The Morgan fingerprint density at radius 1 is 1.26 bits per heavy atom. The van der Waals surface area contributed by atoms with E-state index in [1.54, 1.807) is 31.9 Å². The summed E-state index contributed by atoms with van der Waals surface area (Å²) in [6, 6.07) is 3.83. The largest absolute Gasteiger partial charge is 0.481 e. The molecule has 0 aliphatic carbocycles. The van der Waals surface area contributed by atoms with E-state index in [0.29, 0.717) is 5.88 Å². The average molecular weight is 258 g/mol. The van der Waals surface area contributed by atoms with Crippen molar-refractivity contribution in [1.29, 1.82) is 0 Å². The van der Waals surface area contributed by atoms with Gasteiger partial charge in [-0.2, -0.15) is 0 Å². The maximum atomic E-state index is 5.33. The number of hydrogen-bond acceptors (Lipinski definition) is 5. The summed E-state index contributed by atoms with van der Waals surface area (Å²) < 4.78 is 5.33. The Hall–Kier alpha value is -2.01. The van der Waals surface area contributed by atoms with Gasteiger partial charge < -0.3 is 10.1 Å². The number of pyridine rings is 1. The van der Waals surface area contributed by atoms with Crippen molar-refractivity contribution in [2.75, 3.05) is 13.7 Å². The highest BCUT2D eigenvalue weighted by molar-refractivity contribution is 5.34. The standard InChI is InChI=1S/C14H18N4O/c1-3-6-17-13(12-10-15-8-9-16-12)11-5-4-7-18-14(11)19-2/h4-5,7-10,13,17H,3,6H2,1-2H3. The molecule has 2 heterocycles. The van der Waals surface area contributed by atoms with Crippen LogP contribution in [0.4, 0.5) is 0 Å². The summed E-state index contributed by atoms with van der Waals surface area (Å²) in [6.45, 7) is 3.01. The van der Waals surface area contributed by atoms with Crippen LogP contribution >= 0.6 is 0 Å². The second-order valence-corrected chi connectivity index (χ2v) is 4.12. The lowest BCUT2D eigenvalue weighted by atomic mass is 10.1. The van der Waals surface area contributed by atoms with E-state index in [-0.39, 0.29) is 6.04 Å². The Bertz CT molecular complexity index is 504. The van der Waals surface area contributed by atoms with E-state index < -0.39 is 0 Å². The van der Waals surface area contributed by atoms with Gasteiger partial charge in [0.2, 0.25) is 5.88 Å². The molecule has 0 saturated heterocycles. The van der Waals surface area contributed by atoms with E-state index in [2.05, 4.69) is 27.2 Å². The molecule has 5 heteroatoms. The second-order valence-electron chi connectivity index (χ2n) is 4.12. The van der Waals surface area contributed by atoms with Gasteiger partial charge in [0.15, 0.2) is 0 Å². The molecule has 0 bridgehead atoms. The molecule has 2 rings (SSSR count). The summed E-state index contributed by atoms with van der Waals surface area (Å²) >= 11 is 0. The lowest BCUT2D eigenvalue weighted by molar-refractivity contribution is 0.386. The highest BCUT2D eigenvalue weighted by Gasteiger charge is 2.19. The van der Waals surface area contributed by atoms with Gasteiger partial charge in [0.25, 0.3) is 0 Å². The second kappa shape index (κ2) is 6.80. The Kier molecular flexibility index (Phi) is 4.80. The SMILES string of the molecule is CCCNC(c1cnccn1)c1cccnc1OC. The van der Waals surface area contributed by atoms with Crippen LogP contribution in [0.25, 0.3) is 0 Å². The quantitative estimate of drug-likeness (QED) is 0.858. The van der Waals surface area contributed by atoms with Gasteiger partial charge in [0.1, 0.15) is 0 Å². The van der Waals surface area contributed by atoms with Crippen molar-refractivity contribution in [3.05, 3.63) is 48.2 Å². The van der Waals surface area contributed by atoms with E-state index in [9.17, 15) is 0 Å². The monoisotopic (exact) mass is 258 g/mol. The topological polar surface area (TPSA) is 59.9 Å². The summed E-state index contributed by atoms with van der Waals surface area (Å²) in [5.41, 5.74) is 1.83. The lowest BCUT2D eigenvalue weighted by Crippen LogP contribution is -2.24. The predicted octanol–water partition coefficient (Wildman–Crippen LogP) is 1.97. The van der Waals surface area contributed by atoms with Crippen LogP contribution in [0.15, 0.2) is 36.9 Å². The fourth-order valence-electron chi connectivity index (χ4n) is 1.92. The third-order valence-corrected chi connectivity index (χ3v) is 2.78. The van der Waals surface area contributed by atoms with E-state index in [0.717, 1.165) is 24.2 Å². The number of methoxy groups -OCH3 is 1. The number of rotatable bonds is 6. The van der Waals surface area contributed by atoms with Crippen LogP contribution in [-0.4, -0.2) is 28.6 Å². The molecule has 1 N–H and O–H groups in total. The number of hydrogen-bond donors (Lipinski definition) is 1. The Labute approximate surface area is 113 Å². The molecule has 1 atom stereocenters. The first kappa shape index (κ1) is 13.4. The van der Waals surface area contributed by atoms with E-state index in [1.165, 1.54) is 0 Å². The number of nitrogens with one attached hydrogen (secondary N) is 1. The zero-order chi connectivity index (χ0) is 13.5. The van der Waals surface area contributed by atoms with Crippen molar-refractivity contribution in [2.24, 2.45) is 0 Å². The van der Waals surface area contributed by atoms with Crippen molar-refractivity contribution in [2.45, 2.75) is 19.4 Å². The van der Waals surface area contributed by atoms with Crippen LogP contribution in [0.5, 0.6) is 5.88 Å². The molecule has 0 aliphatic rings. The Balaban J connectivity index is 2.37. The maximum Gasteiger partial charge on any atom is 0.218 e. The molecule has 19 heavy (non-hydrogen) atoms. The van der Waals surface area contributed by atoms with Crippen molar-refractivity contribution in [1.82, 2.24) is 20.3 Å². The summed E-state index contributed by atoms with van der Waals surface area (Å²) in [4.78, 5) is 12.7. The average Bonchev–Trinajstić information content (AvgIpc) is 2.49.